The van der Waals surface area contributed by atoms with Crippen molar-refractivity contribution >= 4 is 15.9 Å². The topological polar surface area (TPSA) is 84.9 Å². The van der Waals surface area contributed by atoms with Crippen LogP contribution in [0.15, 0.2) is 35.2 Å². The third kappa shape index (κ3) is 3.55. The highest BCUT2D eigenvalue weighted by atomic mass is 32.2. The van der Waals surface area contributed by atoms with E-state index in [1.807, 2.05) is 0 Å². The van der Waals surface area contributed by atoms with E-state index in [-0.39, 0.29) is 17.5 Å². The molecule has 1 aliphatic carbocycles. The maximum absolute atomic E-state index is 12.4. The number of nitrogens with zero attached hydrogens (tertiary/aromatic N) is 1. The van der Waals surface area contributed by atoms with Crippen molar-refractivity contribution in [3.63, 3.8) is 0 Å². The van der Waals surface area contributed by atoms with Crippen molar-refractivity contribution < 1.29 is 22.7 Å². The third-order valence-electron chi connectivity index (χ3n) is 4.16. The summed E-state index contributed by atoms with van der Waals surface area (Å²) in [6, 6.07) is 7.73. The van der Waals surface area contributed by atoms with Gasteiger partial charge in [-0.1, -0.05) is 18.2 Å². The summed E-state index contributed by atoms with van der Waals surface area (Å²) in [6.07, 6.45) is 1.41. The van der Waals surface area contributed by atoms with Gasteiger partial charge in [0, 0.05) is 27.7 Å². The fraction of sp³-hybridized carbons (Fsp3) is 0.533. The average Bonchev–Trinajstić information content (AvgIpc) is 2.54. The van der Waals surface area contributed by atoms with Crippen LogP contribution in [-0.2, 0) is 24.3 Å². The lowest BCUT2D eigenvalue weighted by atomic mass is 9.84. The first-order valence-electron chi connectivity index (χ1n) is 7.27. The fourth-order valence-electron chi connectivity index (χ4n) is 2.58. The summed E-state index contributed by atoms with van der Waals surface area (Å²) in [4.78, 5) is 12.3. The molecule has 1 unspecified atom stereocenters. The molecule has 0 aliphatic heterocycles. The van der Waals surface area contributed by atoms with Crippen LogP contribution >= 0.6 is 0 Å². The predicted octanol–water partition coefficient (Wildman–Crippen LogP) is 0.575. The Labute approximate surface area is 136 Å². The fourth-order valence-corrected chi connectivity index (χ4v) is 3.73. The van der Waals surface area contributed by atoms with Gasteiger partial charge in [-0.3, -0.25) is 4.79 Å². The summed E-state index contributed by atoms with van der Waals surface area (Å²) in [5.74, 6) is -1.21. The number of hydrogen-bond donors (Lipinski definition) is 1. The number of carbonyl (C=O) groups excluding carboxylic acids is 1. The molecule has 0 spiro atoms. The molecular weight excluding hydrogens is 320 g/mol. The van der Waals surface area contributed by atoms with Crippen molar-refractivity contribution in [1.29, 1.82) is 0 Å². The summed E-state index contributed by atoms with van der Waals surface area (Å²) in [6.45, 7) is -0.267. The number of amides is 1. The lowest BCUT2D eigenvalue weighted by Crippen LogP contribution is -2.63. The molecule has 1 aromatic rings. The number of sulfonamides is 1. The standard InChI is InChI=1S/C15H22N2O5S/c1-17(23(19,20)12-7-5-4-6-8-12)11-14(18)16-13-9-10-15(13,21-2)22-3/h4-8,13H,9-11H2,1-3H3,(H,16,18). The van der Waals surface area contributed by atoms with Gasteiger partial charge in [-0.25, -0.2) is 8.42 Å². The van der Waals surface area contributed by atoms with E-state index in [0.29, 0.717) is 6.42 Å². The number of benzene rings is 1. The minimum absolute atomic E-state index is 0.155. The first kappa shape index (κ1) is 17.9. The predicted molar refractivity (Wildman–Crippen MR) is 84.2 cm³/mol. The van der Waals surface area contributed by atoms with Crippen molar-refractivity contribution in [1.82, 2.24) is 9.62 Å². The number of hydrogen-bond acceptors (Lipinski definition) is 5. The van der Waals surface area contributed by atoms with Crippen molar-refractivity contribution in [3.8, 4) is 0 Å². The largest absolute Gasteiger partial charge is 0.351 e. The van der Waals surface area contributed by atoms with E-state index >= 15 is 0 Å². The maximum Gasteiger partial charge on any atom is 0.243 e. The Hall–Kier alpha value is -1.48. The van der Waals surface area contributed by atoms with E-state index in [4.69, 9.17) is 9.47 Å². The molecule has 8 heteroatoms. The van der Waals surface area contributed by atoms with E-state index < -0.39 is 21.7 Å². The zero-order valence-electron chi connectivity index (χ0n) is 13.5. The maximum atomic E-state index is 12.4. The molecule has 0 aromatic heterocycles. The highest BCUT2D eigenvalue weighted by Gasteiger charge is 2.48. The lowest BCUT2D eigenvalue weighted by Gasteiger charge is -2.46. The van der Waals surface area contributed by atoms with Gasteiger partial charge in [0.05, 0.1) is 17.5 Å². The molecule has 0 bridgehead atoms. The van der Waals surface area contributed by atoms with Gasteiger partial charge >= 0.3 is 0 Å². The number of ether oxygens (including phenoxy) is 2. The van der Waals surface area contributed by atoms with Crippen molar-refractivity contribution in [3.05, 3.63) is 30.3 Å². The second kappa shape index (κ2) is 6.96. The average molecular weight is 342 g/mol. The SMILES string of the molecule is COC1(OC)CCC1NC(=O)CN(C)S(=O)(=O)c1ccccc1. The van der Waals surface area contributed by atoms with Gasteiger partial charge in [0.15, 0.2) is 5.79 Å². The quantitative estimate of drug-likeness (QED) is 0.733. The van der Waals surface area contributed by atoms with Crippen molar-refractivity contribution in [2.24, 2.45) is 0 Å². The zero-order valence-corrected chi connectivity index (χ0v) is 14.3. The molecule has 1 fully saturated rings. The lowest BCUT2D eigenvalue weighted by molar-refractivity contribution is -0.267. The number of likely N-dealkylation sites (N-methyl/N-ethyl adjacent to an activating group) is 1. The summed E-state index contributed by atoms with van der Waals surface area (Å²) in [7, 11) is 0.732. The normalized spacial score (nSPS) is 20.1. The highest BCUT2D eigenvalue weighted by Crippen LogP contribution is 2.36. The van der Waals surface area contributed by atoms with Crippen LogP contribution in [0.2, 0.25) is 0 Å². The molecule has 2 rings (SSSR count). The van der Waals surface area contributed by atoms with Crippen LogP contribution in [-0.4, -0.2) is 58.3 Å². The van der Waals surface area contributed by atoms with E-state index in [2.05, 4.69) is 5.32 Å². The summed E-state index contributed by atoms with van der Waals surface area (Å²) >= 11 is 0. The Balaban J connectivity index is 1.98. The molecular formula is C15H22N2O5S. The molecule has 7 nitrogen and oxygen atoms in total. The molecule has 1 aromatic carbocycles. The smallest absolute Gasteiger partial charge is 0.243 e. The Bertz CT molecular complexity index is 638. The highest BCUT2D eigenvalue weighted by molar-refractivity contribution is 7.89. The van der Waals surface area contributed by atoms with Gasteiger partial charge in [0.25, 0.3) is 0 Å². The van der Waals surface area contributed by atoms with Crippen LogP contribution < -0.4 is 5.32 Å². The van der Waals surface area contributed by atoms with E-state index in [0.717, 1.165) is 10.7 Å². The van der Waals surface area contributed by atoms with Crippen molar-refractivity contribution in [2.45, 2.75) is 29.6 Å². The molecule has 1 N–H and O–H groups in total. The summed E-state index contributed by atoms with van der Waals surface area (Å²) < 4.78 is 36.4. The van der Waals surface area contributed by atoms with E-state index in [1.54, 1.807) is 18.2 Å². The molecule has 128 valence electrons. The molecule has 1 saturated carbocycles. The van der Waals surface area contributed by atoms with Gasteiger partial charge in [-0.2, -0.15) is 4.31 Å². The number of nitrogens with one attached hydrogen (secondary N) is 1. The van der Waals surface area contributed by atoms with Gasteiger partial charge in [0.1, 0.15) is 0 Å². The molecule has 23 heavy (non-hydrogen) atoms. The minimum Gasteiger partial charge on any atom is -0.351 e. The molecule has 0 heterocycles. The molecule has 1 aliphatic rings. The minimum atomic E-state index is -3.69. The van der Waals surface area contributed by atoms with Crippen molar-refractivity contribution in [2.75, 3.05) is 27.8 Å². The molecule has 0 saturated heterocycles. The van der Waals surface area contributed by atoms with Gasteiger partial charge in [0.2, 0.25) is 15.9 Å². The molecule has 1 amide bonds. The Morgan fingerprint density at radius 2 is 1.91 bits per heavy atom. The van der Waals surface area contributed by atoms with Crippen LogP contribution in [0.3, 0.4) is 0 Å². The van der Waals surface area contributed by atoms with E-state index in [9.17, 15) is 13.2 Å². The van der Waals surface area contributed by atoms with Crippen LogP contribution in [0.5, 0.6) is 0 Å². The van der Waals surface area contributed by atoms with Crippen LogP contribution in [0.1, 0.15) is 12.8 Å². The number of rotatable bonds is 7. The first-order chi connectivity index (χ1) is 10.9. The molecule has 0 radical (unpaired) electrons. The molecule has 1 atom stereocenters. The van der Waals surface area contributed by atoms with Crippen LogP contribution in [0.25, 0.3) is 0 Å². The Kier molecular flexibility index (Phi) is 5.41. The van der Waals surface area contributed by atoms with Crippen LogP contribution in [0, 0.1) is 0 Å². The second-order valence-corrected chi connectivity index (χ2v) is 7.50. The van der Waals surface area contributed by atoms with Crippen LogP contribution in [0.4, 0.5) is 0 Å². The van der Waals surface area contributed by atoms with E-state index in [1.165, 1.54) is 33.4 Å². The first-order valence-corrected chi connectivity index (χ1v) is 8.71. The Morgan fingerprint density at radius 3 is 2.39 bits per heavy atom. The monoisotopic (exact) mass is 342 g/mol. The third-order valence-corrected chi connectivity index (χ3v) is 5.97. The Morgan fingerprint density at radius 1 is 1.30 bits per heavy atom. The number of carbonyl (C=O) groups is 1. The van der Waals surface area contributed by atoms with Gasteiger partial charge < -0.3 is 14.8 Å². The number of methoxy groups -OCH3 is 2. The second-order valence-electron chi connectivity index (χ2n) is 5.45. The van der Waals surface area contributed by atoms with Gasteiger partial charge in [-0.15, -0.1) is 0 Å². The summed E-state index contributed by atoms with van der Waals surface area (Å²) in [5, 5.41) is 2.77. The zero-order chi connectivity index (χ0) is 17.1. The van der Waals surface area contributed by atoms with Gasteiger partial charge in [-0.05, 0) is 18.6 Å². The summed E-state index contributed by atoms with van der Waals surface area (Å²) in [5.41, 5.74) is 0.